The van der Waals surface area contributed by atoms with Crippen molar-refractivity contribution >= 4 is 35.8 Å². The first-order valence-electron chi connectivity index (χ1n) is 10.8. The highest BCUT2D eigenvalue weighted by molar-refractivity contribution is 6.80. The number of amides is 4. The van der Waals surface area contributed by atoms with Crippen molar-refractivity contribution in [3.05, 3.63) is 59.2 Å². The van der Waals surface area contributed by atoms with Crippen molar-refractivity contribution in [1.29, 1.82) is 0 Å². The summed E-state index contributed by atoms with van der Waals surface area (Å²) < 4.78 is 5.60. The summed E-state index contributed by atoms with van der Waals surface area (Å²) in [5, 5.41) is 29.2. The fraction of sp³-hybridized carbons (Fsp3) is 0.273. The summed E-state index contributed by atoms with van der Waals surface area (Å²) in [7, 11) is 3.02. The van der Waals surface area contributed by atoms with Crippen LogP contribution in [0.15, 0.2) is 42.5 Å². The van der Waals surface area contributed by atoms with Crippen LogP contribution < -0.4 is 26.1 Å². The van der Waals surface area contributed by atoms with Crippen LogP contribution in [-0.4, -0.2) is 66.2 Å². The Balaban J connectivity index is 1.72. The summed E-state index contributed by atoms with van der Waals surface area (Å²) in [5.74, 6) is -1.78. The van der Waals surface area contributed by atoms with E-state index in [0.29, 0.717) is 31.4 Å². The molecule has 34 heavy (non-hydrogen) atoms. The van der Waals surface area contributed by atoms with E-state index >= 15 is 0 Å². The summed E-state index contributed by atoms with van der Waals surface area (Å²) in [5.41, 5.74) is 0.535. The average molecular weight is 469 g/mol. The molecule has 1 unspecified atom stereocenters. The van der Waals surface area contributed by atoms with Gasteiger partial charge in [-0.25, -0.2) is 0 Å². The van der Waals surface area contributed by atoms with Gasteiger partial charge < -0.3 is 35.8 Å². The molecule has 1 aliphatic heterocycles. The highest BCUT2D eigenvalue weighted by Crippen LogP contribution is 2.30. The summed E-state index contributed by atoms with van der Waals surface area (Å²) >= 11 is 0. The Bertz CT molecular complexity index is 1110. The minimum atomic E-state index is -3.38. The first-order valence-corrected chi connectivity index (χ1v) is 10.8. The van der Waals surface area contributed by atoms with Gasteiger partial charge in [-0.1, -0.05) is 24.3 Å². The first-order chi connectivity index (χ1) is 16.2. The van der Waals surface area contributed by atoms with Gasteiger partial charge in [-0.3, -0.25) is 19.2 Å². The lowest BCUT2D eigenvalue weighted by Crippen LogP contribution is -2.69. The molecule has 1 heterocycles. The second-order valence-electron chi connectivity index (χ2n) is 7.77. The van der Waals surface area contributed by atoms with Crippen molar-refractivity contribution in [1.82, 2.24) is 20.9 Å². The molecule has 5 N–H and O–H groups in total. The molecule has 0 radical (unpaired) electrons. The van der Waals surface area contributed by atoms with Crippen molar-refractivity contribution in [3.63, 3.8) is 0 Å². The molecular formula is C22H26BN4O7-. The number of hydrogen-bond acceptors (Lipinski definition) is 7. The number of benzene rings is 2. The fourth-order valence-corrected chi connectivity index (χ4v) is 3.53. The zero-order valence-corrected chi connectivity index (χ0v) is 18.8. The molecule has 0 saturated carbocycles. The van der Waals surface area contributed by atoms with Gasteiger partial charge in [0.2, 0.25) is 11.8 Å². The number of rotatable bonds is 8. The Hall–Kier alpha value is -3.90. The lowest BCUT2D eigenvalue weighted by molar-refractivity contribution is -0.120. The maximum atomic E-state index is 12.6. The maximum absolute atomic E-state index is 12.6. The van der Waals surface area contributed by atoms with Crippen molar-refractivity contribution in [3.8, 4) is 5.75 Å². The molecule has 0 aliphatic carbocycles. The molecule has 0 bridgehead atoms. The predicted octanol–water partition coefficient (Wildman–Crippen LogP) is -0.245. The molecule has 0 spiro atoms. The van der Waals surface area contributed by atoms with E-state index in [9.17, 15) is 29.4 Å². The third-order valence-corrected chi connectivity index (χ3v) is 5.53. The lowest BCUT2D eigenvalue weighted by atomic mass is 9.62. The van der Waals surface area contributed by atoms with Crippen LogP contribution in [0.4, 0.5) is 0 Å². The third-order valence-electron chi connectivity index (χ3n) is 5.53. The van der Waals surface area contributed by atoms with Gasteiger partial charge in [0.15, 0.2) is 0 Å². The van der Waals surface area contributed by atoms with Crippen molar-refractivity contribution in [2.45, 2.75) is 19.3 Å². The second-order valence-corrected chi connectivity index (χ2v) is 7.77. The first kappa shape index (κ1) is 24.7. The van der Waals surface area contributed by atoms with Gasteiger partial charge in [0.25, 0.3) is 11.8 Å². The molecule has 1 aliphatic rings. The van der Waals surface area contributed by atoms with E-state index in [4.69, 9.17) is 4.65 Å². The van der Waals surface area contributed by atoms with E-state index in [2.05, 4.69) is 16.0 Å². The monoisotopic (exact) mass is 469 g/mol. The van der Waals surface area contributed by atoms with Crippen LogP contribution in [0, 0.1) is 0 Å². The van der Waals surface area contributed by atoms with Crippen LogP contribution in [0.25, 0.3) is 0 Å². The molecule has 4 amide bonds. The predicted molar refractivity (Wildman–Crippen MR) is 123 cm³/mol. The summed E-state index contributed by atoms with van der Waals surface area (Å²) in [6.45, 7) is -2.99. The Labute approximate surface area is 196 Å². The van der Waals surface area contributed by atoms with Crippen molar-refractivity contribution < 1.29 is 34.1 Å². The van der Waals surface area contributed by atoms with Crippen LogP contribution in [0.1, 0.15) is 50.3 Å². The van der Waals surface area contributed by atoms with Gasteiger partial charge >= 0.3 is 6.69 Å². The second kappa shape index (κ2) is 10.4. The number of hydroxylamine groups is 1. The van der Waals surface area contributed by atoms with Gasteiger partial charge in [-0.05, 0) is 31.0 Å². The largest absolute Gasteiger partial charge is 0.670 e. The zero-order chi connectivity index (χ0) is 24.9. The van der Waals surface area contributed by atoms with Gasteiger partial charge in [-0.2, -0.15) is 0 Å². The SMILES string of the molecule is CNC(=O)CCCCNC(=O)c1ccc([B-]2(O)Oc3cc(C(=O)NC)ccc3C(=O)N2O)cc1. The van der Waals surface area contributed by atoms with Crippen molar-refractivity contribution in [2.24, 2.45) is 0 Å². The van der Waals surface area contributed by atoms with E-state index in [1.54, 1.807) is 7.05 Å². The number of carbonyl (C=O) groups is 4. The number of fused-ring (bicyclic) bond motifs is 1. The van der Waals surface area contributed by atoms with E-state index in [1.807, 2.05) is 0 Å². The number of unbranched alkanes of at least 4 members (excludes halogenated alkanes) is 1. The quantitative estimate of drug-likeness (QED) is 0.203. The van der Waals surface area contributed by atoms with Crippen LogP contribution >= 0.6 is 0 Å². The normalized spacial score (nSPS) is 16.8. The molecular weight excluding hydrogens is 443 g/mol. The molecule has 180 valence electrons. The van der Waals surface area contributed by atoms with Gasteiger partial charge in [0, 0.05) is 38.2 Å². The number of hydrogen-bond donors (Lipinski definition) is 5. The number of nitrogens with one attached hydrogen (secondary N) is 3. The molecule has 0 saturated heterocycles. The Morgan fingerprint density at radius 1 is 0.971 bits per heavy atom. The zero-order valence-electron chi connectivity index (χ0n) is 18.8. The fourth-order valence-electron chi connectivity index (χ4n) is 3.53. The van der Waals surface area contributed by atoms with Crippen LogP contribution in [-0.2, 0) is 4.79 Å². The Morgan fingerprint density at radius 2 is 1.65 bits per heavy atom. The van der Waals surface area contributed by atoms with E-state index in [0.717, 1.165) is 0 Å². The van der Waals surface area contributed by atoms with Crippen LogP contribution in [0.2, 0.25) is 0 Å². The molecule has 2 aromatic carbocycles. The smallest absolute Gasteiger partial charge is 0.454 e. The summed E-state index contributed by atoms with van der Waals surface area (Å²) in [6.07, 6.45) is 1.65. The maximum Gasteiger partial charge on any atom is 0.454 e. The molecule has 0 aromatic heterocycles. The van der Waals surface area contributed by atoms with Gasteiger partial charge in [-0.15, -0.1) is 5.46 Å². The highest BCUT2D eigenvalue weighted by Gasteiger charge is 2.43. The average Bonchev–Trinajstić information content (AvgIpc) is 2.86. The molecule has 0 fully saturated rings. The Morgan fingerprint density at radius 3 is 2.29 bits per heavy atom. The van der Waals surface area contributed by atoms with E-state index in [1.165, 1.54) is 49.5 Å². The highest BCUT2D eigenvalue weighted by atomic mass is 16.6. The number of nitrogens with zero attached hydrogens (tertiary/aromatic N) is 1. The number of carbonyl (C=O) groups excluding carboxylic acids is 4. The van der Waals surface area contributed by atoms with Crippen LogP contribution in [0.3, 0.4) is 0 Å². The van der Waals surface area contributed by atoms with E-state index in [-0.39, 0.29) is 39.1 Å². The topological polar surface area (TPSA) is 157 Å². The van der Waals surface area contributed by atoms with Gasteiger partial charge in [0.05, 0.1) is 11.3 Å². The molecule has 1 atom stereocenters. The standard InChI is InChI=1S/C22H26BN4O7/c1-24-19(28)5-3-4-12-26-21(30)14-6-9-16(10-7-14)23(32)27(33)22(31)17-11-8-15(20(29)25-2)13-18(17)34-23/h6-11,13,32-33H,3-5,12H2,1-2H3,(H,24,28)(H,25,29)(H,26,30)/q-1. The van der Waals surface area contributed by atoms with Crippen molar-refractivity contribution in [2.75, 3.05) is 20.6 Å². The Kier molecular flexibility index (Phi) is 7.54. The minimum Gasteiger partial charge on any atom is -0.670 e. The molecule has 2 aromatic rings. The van der Waals surface area contributed by atoms with Gasteiger partial charge in [0.1, 0.15) is 0 Å². The molecule has 11 nitrogen and oxygen atoms in total. The van der Waals surface area contributed by atoms with Crippen LogP contribution in [0.5, 0.6) is 5.75 Å². The summed E-state index contributed by atoms with van der Waals surface area (Å²) in [4.78, 5) is 48.2. The molecule has 12 heteroatoms. The summed E-state index contributed by atoms with van der Waals surface area (Å²) in [6, 6.07) is 9.60. The van der Waals surface area contributed by atoms with E-state index < -0.39 is 18.5 Å². The lowest BCUT2D eigenvalue weighted by Gasteiger charge is -2.47. The third kappa shape index (κ3) is 5.02. The minimum absolute atomic E-state index is 0.0193. The molecule has 3 rings (SSSR count).